The van der Waals surface area contributed by atoms with Crippen molar-refractivity contribution in [1.29, 1.82) is 0 Å². The summed E-state index contributed by atoms with van der Waals surface area (Å²) in [6, 6.07) is 12.6. The second-order valence-electron chi connectivity index (χ2n) is 7.08. The summed E-state index contributed by atoms with van der Waals surface area (Å²) in [5.74, 6) is -0.401. The molecule has 2 amide bonds. The van der Waals surface area contributed by atoms with Crippen LogP contribution in [0.4, 0.5) is 5.69 Å². The third-order valence-electron chi connectivity index (χ3n) is 4.80. The van der Waals surface area contributed by atoms with E-state index < -0.39 is 28.6 Å². The molecule has 1 unspecified atom stereocenters. The number of ether oxygens (including phenoxy) is 1. The van der Waals surface area contributed by atoms with Gasteiger partial charge in [0.25, 0.3) is 5.91 Å². The summed E-state index contributed by atoms with van der Waals surface area (Å²) in [7, 11) is -2.56. The lowest BCUT2D eigenvalue weighted by Gasteiger charge is -2.34. The summed E-state index contributed by atoms with van der Waals surface area (Å²) < 4.78 is 32.4. The van der Waals surface area contributed by atoms with Crippen molar-refractivity contribution in [3.05, 3.63) is 53.6 Å². The number of anilines is 1. The minimum absolute atomic E-state index is 0.0137. The van der Waals surface area contributed by atoms with Gasteiger partial charge in [-0.2, -0.15) is 4.31 Å². The van der Waals surface area contributed by atoms with Gasteiger partial charge in [0.2, 0.25) is 15.9 Å². The molecule has 0 bridgehead atoms. The monoisotopic (exact) mass is 465 g/mol. The Balaban J connectivity index is 1.80. The smallest absolute Gasteiger partial charge is 0.262 e. The number of halogens is 1. The molecule has 0 fully saturated rings. The zero-order valence-corrected chi connectivity index (χ0v) is 18.8. The molecule has 0 radical (unpaired) electrons. The van der Waals surface area contributed by atoms with Gasteiger partial charge in [-0.05, 0) is 42.8 Å². The summed E-state index contributed by atoms with van der Waals surface area (Å²) >= 11 is 5.83. The molecule has 0 aliphatic carbocycles. The molecule has 1 heterocycles. The maximum absolute atomic E-state index is 13.1. The molecule has 1 atom stereocenters. The highest BCUT2D eigenvalue weighted by atomic mass is 35.5. The molecule has 0 saturated carbocycles. The highest BCUT2D eigenvalue weighted by Gasteiger charge is 2.35. The van der Waals surface area contributed by atoms with Crippen molar-refractivity contribution in [2.45, 2.75) is 24.3 Å². The number of para-hydroxylation sites is 2. The van der Waals surface area contributed by atoms with Crippen LogP contribution in [-0.4, -0.2) is 57.3 Å². The van der Waals surface area contributed by atoms with Crippen LogP contribution in [0.1, 0.15) is 13.3 Å². The molecule has 166 valence electrons. The Morgan fingerprint density at radius 1 is 1.19 bits per heavy atom. The number of likely N-dealkylation sites (N-methyl/N-ethyl adjacent to an activating group) is 1. The van der Waals surface area contributed by atoms with Crippen molar-refractivity contribution in [1.82, 2.24) is 9.62 Å². The Labute approximate surface area is 186 Å². The molecule has 1 aliphatic rings. The van der Waals surface area contributed by atoms with E-state index >= 15 is 0 Å². The van der Waals surface area contributed by atoms with Gasteiger partial charge in [0.1, 0.15) is 5.75 Å². The summed E-state index contributed by atoms with van der Waals surface area (Å²) in [6.45, 7) is 2.02. The summed E-state index contributed by atoms with van der Waals surface area (Å²) in [6.07, 6.45) is -0.117. The summed E-state index contributed by atoms with van der Waals surface area (Å²) in [5, 5.41) is 3.18. The van der Waals surface area contributed by atoms with Gasteiger partial charge in [0.05, 0.1) is 23.7 Å². The number of fused-ring (bicyclic) bond motifs is 1. The predicted molar refractivity (Wildman–Crippen MR) is 118 cm³/mol. The van der Waals surface area contributed by atoms with Gasteiger partial charge in [-0.1, -0.05) is 30.7 Å². The van der Waals surface area contributed by atoms with Gasteiger partial charge in [-0.15, -0.1) is 0 Å². The number of hydrogen-bond donors (Lipinski definition) is 1. The molecule has 31 heavy (non-hydrogen) atoms. The van der Waals surface area contributed by atoms with Crippen LogP contribution in [-0.2, 0) is 19.6 Å². The number of sulfonamides is 1. The lowest BCUT2D eigenvalue weighted by atomic mass is 10.1. The quantitative estimate of drug-likeness (QED) is 0.676. The van der Waals surface area contributed by atoms with Gasteiger partial charge in [0.15, 0.2) is 6.10 Å². The molecule has 8 nitrogen and oxygen atoms in total. The zero-order chi connectivity index (χ0) is 22.6. The number of rotatable bonds is 7. The van der Waals surface area contributed by atoms with Gasteiger partial charge >= 0.3 is 0 Å². The first kappa shape index (κ1) is 23.1. The second-order valence-corrected chi connectivity index (χ2v) is 9.57. The lowest BCUT2D eigenvalue weighted by Crippen LogP contribution is -2.52. The third-order valence-corrected chi connectivity index (χ3v) is 6.87. The van der Waals surface area contributed by atoms with Gasteiger partial charge < -0.3 is 15.0 Å². The Hall–Kier alpha value is -2.62. The van der Waals surface area contributed by atoms with Gasteiger partial charge in [-0.3, -0.25) is 9.59 Å². The first-order chi connectivity index (χ1) is 14.7. The minimum Gasteiger partial charge on any atom is -0.477 e. The van der Waals surface area contributed by atoms with E-state index in [1.165, 1.54) is 36.2 Å². The van der Waals surface area contributed by atoms with Gasteiger partial charge in [-0.25, -0.2) is 8.42 Å². The van der Waals surface area contributed by atoms with E-state index in [9.17, 15) is 18.0 Å². The molecule has 0 spiro atoms. The van der Waals surface area contributed by atoms with E-state index in [4.69, 9.17) is 16.3 Å². The molecular formula is C21H24ClN3O5S. The number of carbonyl (C=O) groups excluding carboxylic acids is 2. The molecule has 1 N–H and O–H groups in total. The molecule has 2 aromatic rings. The van der Waals surface area contributed by atoms with Crippen molar-refractivity contribution in [2.24, 2.45) is 0 Å². The fraction of sp³-hybridized carbons (Fsp3) is 0.333. The molecule has 10 heteroatoms. The zero-order valence-electron chi connectivity index (χ0n) is 17.2. The fourth-order valence-electron chi connectivity index (χ4n) is 3.12. The van der Waals surface area contributed by atoms with E-state index in [-0.39, 0.29) is 17.3 Å². The number of nitrogens with zero attached hydrogens (tertiary/aromatic N) is 2. The maximum atomic E-state index is 13.1. The minimum atomic E-state index is -3.89. The van der Waals surface area contributed by atoms with Crippen molar-refractivity contribution < 1.29 is 22.7 Å². The predicted octanol–water partition coefficient (Wildman–Crippen LogP) is 2.28. The average molecular weight is 466 g/mol. The highest BCUT2D eigenvalue weighted by Crippen LogP contribution is 2.33. The molecule has 3 rings (SSSR count). The van der Waals surface area contributed by atoms with Crippen LogP contribution in [0.3, 0.4) is 0 Å². The van der Waals surface area contributed by atoms with E-state index in [2.05, 4.69) is 5.32 Å². The summed E-state index contributed by atoms with van der Waals surface area (Å²) in [5.41, 5.74) is 0.490. The molecule has 2 aromatic carbocycles. The van der Waals surface area contributed by atoms with Gasteiger partial charge in [0, 0.05) is 18.6 Å². The largest absolute Gasteiger partial charge is 0.477 e. The topological polar surface area (TPSA) is 96.0 Å². The van der Waals surface area contributed by atoms with Crippen LogP contribution >= 0.6 is 11.6 Å². The first-order valence-corrected chi connectivity index (χ1v) is 11.6. The highest BCUT2D eigenvalue weighted by molar-refractivity contribution is 7.89. The van der Waals surface area contributed by atoms with E-state index in [0.717, 1.165) is 10.7 Å². The third kappa shape index (κ3) is 5.17. The van der Waals surface area contributed by atoms with Crippen LogP contribution in [0.25, 0.3) is 0 Å². The molecule has 1 aliphatic heterocycles. The molecule has 0 saturated heterocycles. The van der Waals surface area contributed by atoms with E-state index in [1.54, 1.807) is 24.3 Å². The number of hydrogen-bond acceptors (Lipinski definition) is 5. The Bertz CT molecular complexity index is 1060. The van der Waals surface area contributed by atoms with Crippen LogP contribution in [0.5, 0.6) is 5.75 Å². The second kappa shape index (κ2) is 9.67. The summed E-state index contributed by atoms with van der Waals surface area (Å²) in [4.78, 5) is 27.0. The fourth-order valence-corrected chi connectivity index (χ4v) is 4.36. The molecular weight excluding hydrogens is 442 g/mol. The van der Waals surface area contributed by atoms with Crippen LogP contribution < -0.4 is 15.0 Å². The number of carbonyl (C=O) groups is 2. The van der Waals surface area contributed by atoms with E-state index in [0.29, 0.717) is 23.0 Å². The van der Waals surface area contributed by atoms with Crippen molar-refractivity contribution in [2.75, 3.05) is 31.6 Å². The number of amides is 2. The standard InChI is InChI=1S/C21H24ClN3O5S/c1-3-12-23-21(27)19-13-25(17-6-4-5-7-18(17)30-19)20(26)14-24(2)31(28,29)16-10-8-15(22)9-11-16/h4-11,19H,3,12-14H2,1-2H3,(H,23,27). The van der Waals surface area contributed by atoms with Crippen LogP contribution in [0.15, 0.2) is 53.4 Å². The Kier molecular flexibility index (Phi) is 7.19. The lowest BCUT2D eigenvalue weighted by molar-refractivity contribution is -0.128. The SMILES string of the molecule is CCCNC(=O)C1CN(C(=O)CN(C)S(=O)(=O)c2ccc(Cl)cc2)c2ccccc2O1. The maximum Gasteiger partial charge on any atom is 0.262 e. The first-order valence-electron chi connectivity index (χ1n) is 9.79. The van der Waals surface area contributed by atoms with Crippen molar-refractivity contribution >= 4 is 39.1 Å². The van der Waals surface area contributed by atoms with Crippen LogP contribution in [0.2, 0.25) is 5.02 Å². The van der Waals surface area contributed by atoms with Crippen molar-refractivity contribution in [3.63, 3.8) is 0 Å². The Morgan fingerprint density at radius 3 is 2.55 bits per heavy atom. The normalized spacial score (nSPS) is 15.9. The van der Waals surface area contributed by atoms with Crippen molar-refractivity contribution in [3.8, 4) is 5.75 Å². The van der Waals surface area contributed by atoms with Crippen LogP contribution in [0, 0.1) is 0 Å². The average Bonchev–Trinajstić information content (AvgIpc) is 2.76. The molecule has 0 aromatic heterocycles. The number of benzene rings is 2. The van der Waals surface area contributed by atoms with E-state index in [1.807, 2.05) is 6.92 Å². The number of nitrogens with one attached hydrogen (secondary N) is 1. The Morgan fingerprint density at radius 2 is 1.87 bits per heavy atom.